The van der Waals surface area contributed by atoms with Crippen molar-refractivity contribution in [1.29, 1.82) is 0 Å². The van der Waals surface area contributed by atoms with Gasteiger partial charge in [0.15, 0.2) is 0 Å². The second kappa shape index (κ2) is 5.70. The largest absolute Gasteiger partial charge is 0.334 e. The molecule has 7 heteroatoms. The highest BCUT2D eigenvalue weighted by Crippen LogP contribution is 2.33. The van der Waals surface area contributed by atoms with Gasteiger partial charge in [0, 0.05) is 52.0 Å². The van der Waals surface area contributed by atoms with Crippen molar-refractivity contribution in [3.05, 3.63) is 18.2 Å². The second-order valence-electron chi connectivity index (χ2n) is 6.34. The fourth-order valence-electron chi connectivity index (χ4n) is 2.99. The fourth-order valence-corrected chi connectivity index (χ4v) is 4.12. The van der Waals surface area contributed by atoms with Crippen molar-refractivity contribution in [1.82, 2.24) is 18.2 Å². The van der Waals surface area contributed by atoms with Crippen LogP contribution in [0.2, 0.25) is 0 Å². The molecular formula is C14H24N4O2S. The van der Waals surface area contributed by atoms with Crippen LogP contribution >= 0.6 is 0 Å². The molecule has 0 unspecified atom stereocenters. The number of hydrogen-bond acceptors (Lipinski definition) is 3. The van der Waals surface area contributed by atoms with E-state index in [2.05, 4.69) is 15.7 Å². The molecule has 2 heterocycles. The van der Waals surface area contributed by atoms with Crippen molar-refractivity contribution in [2.75, 3.05) is 27.2 Å². The molecule has 1 aromatic heterocycles. The Bertz CT molecular complexity index is 584. The minimum atomic E-state index is -3.27. The smallest absolute Gasteiger partial charge is 0.281 e. The maximum atomic E-state index is 12.1. The molecule has 118 valence electrons. The highest BCUT2D eigenvalue weighted by Gasteiger charge is 2.32. The molecule has 1 saturated carbocycles. The van der Waals surface area contributed by atoms with Gasteiger partial charge in [-0.05, 0) is 31.6 Å². The number of rotatable bonds is 5. The van der Waals surface area contributed by atoms with Crippen molar-refractivity contribution in [2.45, 2.75) is 38.1 Å². The Balaban J connectivity index is 1.64. The maximum absolute atomic E-state index is 12.1. The minimum Gasteiger partial charge on any atom is -0.334 e. The van der Waals surface area contributed by atoms with Gasteiger partial charge < -0.3 is 4.57 Å². The Morgan fingerprint density at radius 2 is 1.90 bits per heavy atom. The van der Waals surface area contributed by atoms with E-state index < -0.39 is 10.2 Å². The van der Waals surface area contributed by atoms with E-state index in [1.165, 1.54) is 17.1 Å². The van der Waals surface area contributed by atoms with Gasteiger partial charge in [0.1, 0.15) is 5.82 Å². The van der Waals surface area contributed by atoms with Gasteiger partial charge >= 0.3 is 0 Å². The topological polar surface area (TPSA) is 58.4 Å². The lowest BCUT2D eigenvalue weighted by Gasteiger charge is -2.32. The van der Waals surface area contributed by atoms with E-state index in [-0.39, 0.29) is 0 Å². The van der Waals surface area contributed by atoms with Crippen LogP contribution in [0.3, 0.4) is 0 Å². The summed E-state index contributed by atoms with van der Waals surface area (Å²) in [5.41, 5.74) is 0. The lowest BCUT2D eigenvalue weighted by molar-refractivity contribution is 0.293. The van der Waals surface area contributed by atoms with Gasteiger partial charge in [-0.25, -0.2) is 4.98 Å². The van der Waals surface area contributed by atoms with Crippen LogP contribution in [0.5, 0.6) is 0 Å². The van der Waals surface area contributed by atoms with Crippen LogP contribution in [0.4, 0.5) is 0 Å². The Morgan fingerprint density at radius 1 is 1.24 bits per heavy atom. The molecule has 2 aliphatic rings. The zero-order chi connectivity index (χ0) is 15.0. The van der Waals surface area contributed by atoms with Crippen molar-refractivity contribution in [2.24, 2.45) is 5.92 Å². The first kappa shape index (κ1) is 15.0. The molecule has 6 nitrogen and oxygen atoms in total. The van der Waals surface area contributed by atoms with Gasteiger partial charge in [-0.1, -0.05) is 0 Å². The summed E-state index contributed by atoms with van der Waals surface area (Å²) < 4.78 is 29.4. The van der Waals surface area contributed by atoms with Crippen LogP contribution in [0, 0.1) is 5.92 Å². The third-order valence-corrected chi connectivity index (χ3v) is 6.45. The first-order valence-electron chi connectivity index (χ1n) is 7.67. The Labute approximate surface area is 126 Å². The van der Waals surface area contributed by atoms with Crippen LogP contribution in [0.15, 0.2) is 12.4 Å². The van der Waals surface area contributed by atoms with Crippen LogP contribution in [-0.2, 0) is 16.8 Å². The summed E-state index contributed by atoms with van der Waals surface area (Å²) in [6, 6.07) is 0. The van der Waals surface area contributed by atoms with Crippen molar-refractivity contribution in [3.63, 3.8) is 0 Å². The van der Waals surface area contributed by atoms with Gasteiger partial charge in [-0.15, -0.1) is 0 Å². The zero-order valence-electron chi connectivity index (χ0n) is 12.8. The summed E-state index contributed by atoms with van der Waals surface area (Å²) in [6.07, 6.45) is 8.31. The van der Waals surface area contributed by atoms with Gasteiger partial charge in [0.2, 0.25) is 0 Å². The van der Waals surface area contributed by atoms with Gasteiger partial charge in [-0.2, -0.15) is 17.0 Å². The molecule has 0 aromatic carbocycles. The highest BCUT2D eigenvalue weighted by atomic mass is 32.2. The number of hydrogen-bond donors (Lipinski definition) is 0. The SMILES string of the molecule is CN(C)S(=O)(=O)N1CCC(c2nccn2CC2CC2)CC1. The molecular weight excluding hydrogens is 288 g/mol. The lowest BCUT2D eigenvalue weighted by atomic mass is 9.97. The zero-order valence-corrected chi connectivity index (χ0v) is 13.6. The standard InChI is InChI=1S/C14H24N4O2S/c1-16(2)21(19,20)18-8-5-13(6-9-18)14-15-7-10-17(14)11-12-3-4-12/h7,10,12-13H,3-6,8-9,11H2,1-2H3. The van der Waals surface area contributed by atoms with Crippen LogP contribution in [0.1, 0.15) is 37.4 Å². The summed E-state index contributed by atoms with van der Waals surface area (Å²) in [7, 11) is -0.0977. The van der Waals surface area contributed by atoms with E-state index in [0.29, 0.717) is 19.0 Å². The van der Waals surface area contributed by atoms with E-state index in [0.717, 1.165) is 31.1 Å². The van der Waals surface area contributed by atoms with Crippen molar-refractivity contribution < 1.29 is 8.42 Å². The number of imidazole rings is 1. The first-order valence-corrected chi connectivity index (χ1v) is 9.07. The molecule has 0 amide bonds. The van der Waals surface area contributed by atoms with Gasteiger partial charge in [0.25, 0.3) is 10.2 Å². The third-order valence-electron chi connectivity index (χ3n) is 4.51. The van der Waals surface area contributed by atoms with Crippen molar-refractivity contribution >= 4 is 10.2 Å². The van der Waals surface area contributed by atoms with E-state index in [9.17, 15) is 8.42 Å². The number of piperidine rings is 1. The minimum absolute atomic E-state index is 0.382. The quantitative estimate of drug-likeness (QED) is 0.823. The van der Waals surface area contributed by atoms with E-state index in [4.69, 9.17) is 0 Å². The van der Waals surface area contributed by atoms with Gasteiger partial charge in [0.05, 0.1) is 0 Å². The summed E-state index contributed by atoms with van der Waals surface area (Å²) in [4.78, 5) is 4.53. The number of aromatic nitrogens is 2. The normalized spacial score (nSPS) is 22.0. The fraction of sp³-hybridized carbons (Fsp3) is 0.786. The summed E-state index contributed by atoms with van der Waals surface area (Å²) in [6.45, 7) is 2.24. The summed E-state index contributed by atoms with van der Waals surface area (Å²) in [5, 5.41) is 0. The molecule has 0 bridgehead atoms. The average molecular weight is 312 g/mol. The van der Waals surface area contributed by atoms with Crippen molar-refractivity contribution in [3.8, 4) is 0 Å². The molecule has 0 radical (unpaired) electrons. The van der Waals surface area contributed by atoms with E-state index >= 15 is 0 Å². The molecule has 1 aromatic rings. The second-order valence-corrected chi connectivity index (χ2v) is 8.49. The van der Waals surface area contributed by atoms with E-state index in [1.807, 2.05) is 6.20 Å². The molecule has 21 heavy (non-hydrogen) atoms. The molecule has 0 spiro atoms. The Morgan fingerprint density at radius 3 is 2.48 bits per heavy atom. The molecule has 2 fully saturated rings. The van der Waals surface area contributed by atoms with Gasteiger partial charge in [-0.3, -0.25) is 0 Å². The highest BCUT2D eigenvalue weighted by molar-refractivity contribution is 7.86. The van der Waals surface area contributed by atoms with Crippen LogP contribution in [-0.4, -0.2) is 53.8 Å². The van der Waals surface area contributed by atoms with Crippen LogP contribution < -0.4 is 0 Å². The molecule has 3 rings (SSSR count). The molecule has 0 N–H and O–H groups in total. The summed E-state index contributed by atoms with van der Waals surface area (Å²) >= 11 is 0. The monoisotopic (exact) mass is 312 g/mol. The average Bonchev–Trinajstić information content (AvgIpc) is 3.15. The molecule has 1 saturated heterocycles. The maximum Gasteiger partial charge on any atom is 0.281 e. The third kappa shape index (κ3) is 3.14. The molecule has 0 atom stereocenters. The van der Waals surface area contributed by atoms with Crippen LogP contribution in [0.25, 0.3) is 0 Å². The first-order chi connectivity index (χ1) is 9.98. The Kier molecular flexibility index (Phi) is 4.07. The van der Waals surface area contributed by atoms with E-state index in [1.54, 1.807) is 18.4 Å². The number of nitrogens with zero attached hydrogens (tertiary/aromatic N) is 4. The molecule has 1 aliphatic heterocycles. The molecule has 1 aliphatic carbocycles. The predicted octanol–water partition coefficient (Wildman–Crippen LogP) is 1.28. The summed E-state index contributed by atoms with van der Waals surface area (Å²) in [5.74, 6) is 2.35. The Hall–Kier alpha value is -0.920. The lowest BCUT2D eigenvalue weighted by Crippen LogP contribution is -2.44. The predicted molar refractivity (Wildman–Crippen MR) is 81.1 cm³/mol.